The molecule has 1 aromatic carbocycles. The lowest BCUT2D eigenvalue weighted by Crippen LogP contribution is -2.26. The zero-order valence-corrected chi connectivity index (χ0v) is 13.2. The van der Waals surface area contributed by atoms with Crippen molar-refractivity contribution >= 4 is 9.84 Å². The molecule has 1 N–H and O–H groups in total. The van der Waals surface area contributed by atoms with Crippen molar-refractivity contribution in [3.05, 3.63) is 35.4 Å². The topological polar surface area (TPSA) is 49.4 Å². The third-order valence-electron chi connectivity index (χ3n) is 4.25. The highest BCUT2D eigenvalue weighted by molar-refractivity contribution is 7.91. The van der Waals surface area contributed by atoms with E-state index in [9.17, 15) is 8.42 Å². The molecule has 0 spiro atoms. The van der Waals surface area contributed by atoms with Crippen LogP contribution in [0.15, 0.2) is 24.3 Å². The van der Waals surface area contributed by atoms with Crippen LogP contribution in [-0.4, -0.2) is 44.0 Å². The van der Waals surface area contributed by atoms with Gasteiger partial charge in [-0.25, -0.2) is 8.42 Å². The molecule has 0 atom stereocenters. The Bertz CT molecular complexity index is 564. The summed E-state index contributed by atoms with van der Waals surface area (Å²) in [5.41, 5.74) is 2.59. The normalized spacial score (nSPS) is 22.9. The zero-order chi connectivity index (χ0) is 14.7. The molecule has 1 aliphatic heterocycles. The Morgan fingerprint density at radius 1 is 1.05 bits per heavy atom. The predicted octanol–water partition coefficient (Wildman–Crippen LogP) is 1.56. The number of hydrogen-bond donors (Lipinski definition) is 1. The number of nitrogens with zero attached hydrogens (tertiary/aromatic N) is 1. The van der Waals surface area contributed by atoms with Crippen LogP contribution in [0.3, 0.4) is 0 Å². The first kappa shape index (κ1) is 15.0. The second-order valence-electron chi connectivity index (χ2n) is 6.25. The minimum absolute atomic E-state index is 0.302. The van der Waals surface area contributed by atoms with E-state index in [-0.39, 0.29) is 0 Å². The van der Waals surface area contributed by atoms with Gasteiger partial charge in [-0.05, 0) is 36.9 Å². The monoisotopic (exact) mass is 308 g/mol. The molecule has 0 aromatic heterocycles. The fraction of sp³-hybridized carbons (Fsp3) is 0.625. The van der Waals surface area contributed by atoms with Crippen molar-refractivity contribution in [1.82, 2.24) is 10.2 Å². The summed E-state index contributed by atoms with van der Waals surface area (Å²) < 4.78 is 23.2. The van der Waals surface area contributed by atoms with Gasteiger partial charge >= 0.3 is 0 Å². The maximum atomic E-state index is 11.6. The predicted molar refractivity (Wildman–Crippen MR) is 84.9 cm³/mol. The van der Waals surface area contributed by atoms with Gasteiger partial charge in [-0.15, -0.1) is 0 Å². The van der Waals surface area contributed by atoms with Gasteiger partial charge in [-0.3, -0.25) is 4.90 Å². The van der Waals surface area contributed by atoms with Gasteiger partial charge in [-0.2, -0.15) is 0 Å². The van der Waals surface area contributed by atoms with Crippen molar-refractivity contribution in [2.24, 2.45) is 0 Å². The minimum Gasteiger partial charge on any atom is -0.310 e. The van der Waals surface area contributed by atoms with E-state index in [0.29, 0.717) is 18.1 Å². The molecule has 1 saturated carbocycles. The van der Waals surface area contributed by atoms with Gasteiger partial charge in [0.1, 0.15) is 0 Å². The summed E-state index contributed by atoms with van der Waals surface area (Å²) in [4.78, 5) is 2.25. The molecular formula is C16H24N2O2S. The third kappa shape index (κ3) is 4.80. The van der Waals surface area contributed by atoms with Crippen molar-refractivity contribution in [3.63, 3.8) is 0 Å². The number of benzene rings is 1. The average molecular weight is 308 g/mol. The molecule has 4 nitrogen and oxygen atoms in total. The highest BCUT2D eigenvalue weighted by atomic mass is 32.2. The SMILES string of the molecule is O=S1(=O)CCCN(Cc2ccc(CNC3CC3)cc2)CC1. The second-order valence-corrected chi connectivity index (χ2v) is 8.56. The molecule has 5 heteroatoms. The first-order valence-corrected chi connectivity index (χ1v) is 9.67. The summed E-state index contributed by atoms with van der Waals surface area (Å²) in [6.07, 6.45) is 3.39. The summed E-state index contributed by atoms with van der Waals surface area (Å²) in [7, 11) is -2.81. The molecule has 2 fully saturated rings. The Morgan fingerprint density at radius 3 is 2.48 bits per heavy atom. The third-order valence-corrected chi connectivity index (χ3v) is 5.96. The van der Waals surface area contributed by atoms with E-state index in [0.717, 1.165) is 32.1 Å². The van der Waals surface area contributed by atoms with Gasteiger partial charge in [0.05, 0.1) is 11.5 Å². The van der Waals surface area contributed by atoms with E-state index < -0.39 is 9.84 Å². The number of rotatable bonds is 5. The van der Waals surface area contributed by atoms with E-state index in [2.05, 4.69) is 34.5 Å². The summed E-state index contributed by atoms with van der Waals surface area (Å²) >= 11 is 0. The Labute approximate surface area is 127 Å². The quantitative estimate of drug-likeness (QED) is 0.897. The van der Waals surface area contributed by atoms with Crippen molar-refractivity contribution in [1.29, 1.82) is 0 Å². The molecule has 1 heterocycles. The molecule has 0 radical (unpaired) electrons. The number of nitrogens with one attached hydrogen (secondary N) is 1. The van der Waals surface area contributed by atoms with Crippen molar-refractivity contribution in [2.75, 3.05) is 24.6 Å². The molecule has 1 aliphatic carbocycles. The Morgan fingerprint density at radius 2 is 1.76 bits per heavy atom. The molecule has 21 heavy (non-hydrogen) atoms. The minimum atomic E-state index is -2.81. The summed E-state index contributed by atoms with van der Waals surface area (Å²) in [5, 5.41) is 3.51. The molecule has 0 amide bonds. The van der Waals surface area contributed by atoms with Gasteiger partial charge in [-0.1, -0.05) is 24.3 Å². The second kappa shape index (κ2) is 6.46. The van der Waals surface area contributed by atoms with E-state index in [1.54, 1.807) is 0 Å². The van der Waals surface area contributed by atoms with Gasteiger partial charge in [0.2, 0.25) is 0 Å². The summed E-state index contributed by atoms with van der Waals surface area (Å²) in [6.45, 7) is 3.34. The lowest BCUT2D eigenvalue weighted by atomic mass is 10.1. The average Bonchev–Trinajstić information content (AvgIpc) is 3.28. The van der Waals surface area contributed by atoms with Crippen molar-refractivity contribution < 1.29 is 8.42 Å². The van der Waals surface area contributed by atoms with Crippen LogP contribution in [0.4, 0.5) is 0 Å². The van der Waals surface area contributed by atoms with E-state index >= 15 is 0 Å². The summed E-state index contributed by atoms with van der Waals surface area (Å²) in [6, 6.07) is 9.44. The number of sulfone groups is 1. The molecule has 1 saturated heterocycles. The first-order chi connectivity index (χ1) is 10.1. The lowest BCUT2D eigenvalue weighted by Gasteiger charge is -2.19. The zero-order valence-electron chi connectivity index (χ0n) is 12.4. The molecule has 3 rings (SSSR count). The van der Waals surface area contributed by atoms with Crippen LogP contribution in [-0.2, 0) is 22.9 Å². The van der Waals surface area contributed by atoms with Crippen LogP contribution in [0.1, 0.15) is 30.4 Å². The van der Waals surface area contributed by atoms with Crippen LogP contribution in [0.5, 0.6) is 0 Å². The van der Waals surface area contributed by atoms with Gasteiger partial charge < -0.3 is 5.32 Å². The number of hydrogen-bond acceptors (Lipinski definition) is 4. The van der Waals surface area contributed by atoms with Crippen LogP contribution in [0.2, 0.25) is 0 Å². The van der Waals surface area contributed by atoms with E-state index in [4.69, 9.17) is 0 Å². The Balaban J connectivity index is 1.52. The standard InChI is InChI=1S/C16H24N2O2S/c19-21(20)10-1-8-18(9-11-21)13-15-4-2-14(3-5-15)12-17-16-6-7-16/h2-5,16-17H,1,6-13H2. The first-order valence-electron chi connectivity index (χ1n) is 7.85. The van der Waals surface area contributed by atoms with Crippen LogP contribution < -0.4 is 5.32 Å². The van der Waals surface area contributed by atoms with Crippen molar-refractivity contribution in [3.8, 4) is 0 Å². The maximum absolute atomic E-state index is 11.6. The van der Waals surface area contributed by atoms with Crippen LogP contribution in [0, 0.1) is 0 Å². The molecule has 0 unspecified atom stereocenters. The fourth-order valence-electron chi connectivity index (χ4n) is 2.72. The van der Waals surface area contributed by atoms with E-state index in [1.165, 1.54) is 24.0 Å². The van der Waals surface area contributed by atoms with Crippen LogP contribution in [0.25, 0.3) is 0 Å². The highest BCUT2D eigenvalue weighted by Gasteiger charge is 2.20. The fourth-order valence-corrected chi connectivity index (χ4v) is 4.03. The molecule has 1 aromatic rings. The Kier molecular flexibility index (Phi) is 4.62. The Hall–Kier alpha value is -0.910. The molecule has 0 bridgehead atoms. The molecule has 116 valence electrons. The van der Waals surface area contributed by atoms with E-state index in [1.807, 2.05) is 0 Å². The largest absolute Gasteiger partial charge is 0.310 e. The van der Waals surface area contributed by atoms with Crippen LogP contribution >= 0.6 is 0 Å². The molecular weight excluding hydrogens is 284 g/mol. The maximum Gasteiger partial charge on any atom is 0.151 e. The highest BCUT2D eigenvalue weighted by Crippen LogP contribution is 2.19. The van der Waals surface area contributed by atoms with Gasteiger partial charge in [0.15, 0.2) is 9.84 Å². The summed E-state index contributed by atoms with van der Waals surface area (Å²) in [5.74, 6) is 0.645. The van der Waals surface area contributed by atoms with Gasteiger partial charge in [0, 0.05) is 25.7 Å². The smallest absolute Gasteiger partial charge is 0.151 e. The lowest BCUT2D eigenvalue weighted by molar-refractivity contribution is 0.287. The van der Waals surface area contributed by atoms with Gasteiger partial charge in [0.25, 0.3) is 0 Å². The van der Waals surface area contributed by atoms with Crippen molar-refractivity contribution in [2.45, 2.75) is 38.4 Å². The molecule has 2 aliphatic rings.